The second kappa shape index (κ2) is 6.12. The number of amides is 1. The summed E-state index contributed by atoms with van der Waals surface area (Å²) in [5.41, 5.74) is 0.831. The number of hydrogen-bond donors (Lipinski definition) is 1. The Hall–Kier alpha value is -3.03. The molecule has 1 amide bonds. The van der Waals surface area contributed by atoms with Gasteiger partial charge in [0.2, 0.25) is 0 Å². The molecule has 0 saturated heterocycles. The van der Waals surface area contributed by atoms with Crippen molar-refractivity contribution in [3.63, 3.8) is 0 Å². The molecule has 0 atom stereocenters. The summed E-state index contributed by atoms with van der Waals surface area (Å²) in [4.78, 5) is 16.4. The van der Waals surface area contributed by atoms with Crippen molar-refractivity contribution in [3.8, 4) is 5.75 Å². The number of carbonyl (C=O) groups excluding carboxylic acids is 1. The second-order valence-electron chi connectivity index (χ2n) is 5.73. The Labute approximate surface area is 140 Å². The van der Waals surface area contributed by atoms with Crippen LogP contribution >= 0.6 is 0 Å². The average molecular weight is 345 g/mol. The third-order valence-corrected chi connectivity index (χ3v) is 3.94. The first-order chi connectivity index (χ1) is 12.1. The Morgan fingerprint density at radius 1 is 1.32 bits per heavy atom. The van der Waals surface area contributed by atoms with Crippen LogP contribution in [0.25, 0.3) is 10.9 Å². The van der Waals surface area contributed by atoms with Gasteiger partial charge < -0.3 is 14.6 Å². The van der Waals surface area contributed by atoms with Crippen molar-refractivity contribution in [1.82, 2.24) is 10.1 Å². The lowest BCUT2D eigenvalue weighted by Crippen LogP contribution is -2.13. The third-order valence-electron chi connectivity index (χ3n) is 3.94. The molecule has 0 radical (unpaired) electrons. The highest BCUT2D eigenvalue weighted by atomic mass is 19.3. The molecule has 0 bridgehead atoms. The maximum absolute atomic E-state index is 12.5. The van der Waals surface area contributed by atoms with E-state index < -0.39 is 12.5 Å². The highest BCUT2D eigenvalue weighted by molar-refractivity contribution is 6.08. The second-order valence-corrected chi connectivity index (χ2v) is 5.73. The Kier molecular flexibility index (Phi) is 3.79. The van der Waals surface area contributed by atoms with Gasteiger partial charge >= 0.3 is 6.61 Å². The quantitative estimate of drug-likeness (QED) is 0.757. The summed E-state index contributed by atoms with van der Waals surface area (Å²) < 4.78 is 34.7. The molecule has 2 aromatic heterocycles. The van der Waals surface area contributed by atoms with Crippen molar-refractivity contribution in [2.75, 3.05) is 5.32 Å². The largest absolute Gasteiger partial charge is 0.432 e. The lowest BCUT2D eigenvalue weighted by molar-refractivity contribution is -0.0489. The summed E-state index contributed by atoms with van der Waals surface area (Å²) in [6.07, 6.45) is 3.54. The van der Waals surface area contributed by atoms with Crippen LogP contribution < -0.4 is 10.1 Å². The van der Waals surface area contributed by atoms with E-state index in [2.05, 4.69) is 20.2 Å². The molecule has 4 rings (SSSR count). The van der Waals surface area contributed by atoms with Crippen molar-refractivity contribution >= 4 is 22.5 Å². The van der Waals surface area contributed by atoms with Gasteiger partial charge in [-0.1, -0.05) is 5.16 Å². The van der Waals surface area contributed by atoms with Crippen molar-refractivity contribution in [1.29, 1.82) is 0 Å². The van der Waals surface area contributed by atoms with Crippen LogP contribution in [0.3, 0.4) is 0 Å². The van der Waals surface area contributed by atoms with Crippen LogP contribution in [0, 0.1) is 0 Å². The van der Waals surface area contributed by atoms with Crippen LogP contribution in [-0.2, 0) is 0 Å². The number of ether oxygens (including phenoxy) is 1. The number of rotatable bonds is 5. The normalized spacial score (nSPS) is 14.0. The first kappa shape index (κ1) is 15.5. The van der Waals surface area contributed by atoms with E-state index in [0.29, 0.717) is 22.8 Å². The molecule has 8 heteroatoms. The molecule has 25 heavy (non-hydrogen) atoms. The van der Waals surface area contributed by atoms with Gasteiger partial charge in [0.15, 0.2) is 11.4 Å². The SMILES string of the molecule is O=C(Nc1ccc(OC(F)F)c2ncccc12)c1cc(C2CC2)on1. The Bertz CT molecular complexity index is 938. The zero-order valence-electron chi connectivity index (χ0n) is 12.9. The number of anilines is 1. The number of hydrogen-bond acceptors (Lipinski definition) is 5. The molecule has 1 aliphatic rings. The number of fused-ring (bicyclic) bond motifs is 1. The fraction of sp³-hybridized carbons (Fsp3) is 0.235. The highest BCUT2D eigenvalue weighted by Gasteiger charge is 2.29. The van der Waals surface area contributed by atoms with Crippen molar-refractivity contribution < 1.29 is 22.8 Å². The summed E-state index contributed by atoms with van der Waals surface area (Å²) >= 11 is 0. The number of alkyl halides is 2. The summed E-state index contributed by atoms with van der Waals surface area (Å²) in [5, 5.41) is 6.98. The van der Waals surface area contributed by atoms with E-state index in [4.69, 9.17) is 4.52 Å². The summed E-state index contributed by atoms with van der Waals surface area (Å²) in [6.45, 7) is -2.96. The van der Waals surface area contributed by atoms with Crippen LogP contribution in [0.1, 0.15) is 35.0 Å². The van der Waals surface area contributed by atoms with Gasteiger partial charge in [-0.05, 0) is 37.1 Å². The minimum absolute atomic E-state index is 0.0546. The topological polar surface area (TPSA) is 77.2 Å². The van der Waals surface area contributed by atoms with Crippen LogP contribution in [0.15, 0.2) is 41.1 Å². The van der Waals surface area contributed by atoms with Gasteiger partial charge in [-0.2, -0.15) is 8.78 Å². The van der Waals surface area contributed by atoms with E-state index >= 15 is 0 Å². The number of pyridine rings is 1. The summed E-state index contributed by atoms with van der Waals surface area (Å²) in [7, 11) is 0. The van der Waals surface area contributed by atoms with Crippen molar-refractivity contribution in [2.45, 2.75) is 25.4 Å². The molecule has 1 saturated carbocycles. The van der Waals surface area contributed by atoms with Crippen LogP contribution in [0.2, 0.25) is 0 Å². The van der Waals surface area contributed by atoms with Crippen molar-refractivity contribution in [3.05, 3.63) is 48.0 Å². The van der Waals surface area contributed by atoms with E-state index in [1.807, 2.05) is 0 Å². The maximum atomic E-state index is 12.5. The summed E-state index contributed by atoms with van der Waals surface area (Å²) in [5.74, 6) is 0.562. The molecule has 3 aromatic rings. The van der Waals surface area contributed by atoms with E-state index in [0.717, 1.165) is 12.8 Å². The Morgan fingerprint density at radius 2 is 2.16 bits per heavy atom. The van der Waals surface area contributed by atoms with E-state index in [1.54, 1.807) is 18.2 Å². The standard InChI is InChI=1S/C17H13F2N3O3/c18-17(19)24-13-6-5-11(10-2-1-7-20-15(10)13)21-16(23)12-8-14(25-22-12)9-3-4-9/h1-2,5-9,17H,3-4H2,(H,21,23). The third kappa shape index (κ3) is 3.15. The van der Waals surface area contributed by atoms with Crippen LogP contribution in [0.4, 0.5) is 14.5 Å². The zero-order valence-corrected chi connectivity index (χ0v) is 12.9. The molecule has 1 aromatic carbocycles. The van der Waals surface area contributed by atoms with Gasteiger partial charge in [-0.15, -0.1) is 0 Å². The molecule has 0 unspecified atom stereocenters. The lowest BCUT2D eigenvalue weighted by atomic mass is 10.1. The Balaban J connectivity index is 1.63. The molecule has 2 heterocycles. The Morgan fingerprint density at radius 3 is 2.92 bits per heavy atom. The monoisotopic (exact) mass is 345 g/mol. The highest BCUT2D eigenvalue weighted by Crippen LogP contribution is 2.40. The zero-order chi connectivity index (χ0) is 17.4. The molecule has 128 valence electrons. The molecule has 0 spiro atoms. The molecule has 1 N–H and O–H groups in total. The number of benzene rings is 1. The number of nitrogens with zero attached hydrogens (tertiary/aromatic N) is 2. The number of carbonyl (C=O) groups is 1. The van der Waals surface area contributed by atoms with E-state index in [9.17, 15) is 13.6 Å². The predicted molar refractivity (Wildman–Crippen MR) is 84.8 cm³/mol. The molecule has 6 nitrogen and oxygen atoms in total. The average Bonchev–Trinajstić information content (AvgIpc) is 3.33. The number of aromatic nitrogens is 2. The first-order valence-electron chi connectivity index (χ1n) is 7.72. The molecular weight excluding hydrogens is 332 g/mol. The number of nitrogens with one attached hydrogen (secondary N) is 1. The van der Waals surface area contributed by atoms with Gasteiger partial charge in [0, 0.05) is 23.6 Å². The summed E-state index contributed by atoms with van der Waals surface area (Å²) in [6, 6.07) is 7.76. The fourth-order valence-electron chi connectivity index (χ4n) is 2.59. The minimum atomic E-state index is -2.96. The van der Waals surface area contributed by atoms with Crippen LogP contribution in [0.5, 0.6) is 5.75 Å². The molecular formula is C17H13F2N3O3. The van der Waals surface area contributed by atoms with Crippen molar-refractivity contribution in [2.24, 2.45) is 0 Å². The smallest absolute Gasteiger partial charge is 0.387 e. The minimum Gasteiger partial charge on any atom is -0.432 e. The van der Waals surface area contributed by atoms with E-state index in [-0.39, 0.29) is 17.0 Å². The van der Waals surface area contributed by atoms with E-state index in [1.165, 1.54) is 18.3 Å². The van der Waals surface area contributed by atoms with Gasteiger partial charge in [-0.3, -0.25) is 9.78 Å². The first-order valence-corrected chi connectivity index (χ1v) is 7.72. The van der Waals surface area contributed by atoms with Gasteiger partial charge in [0.1, 0.15) is 11.3 Å². The predicted octanol–water partition coefficient (Wildman–Crippen LogP) is 3.95. The van der Waals surface area contributed by atoms with Gasteiger partial charge in [0.25, 0.3) is 5.91 Å². The van der Waals surface area contributed by atoms with Gasteiger partial charge in [0.05, 0.1) is 5.69 Å². The molecule has 1 fully saturated rings. The van der Waals surface area contributed by atoms with Gasteiger partial charge in [-0.25, -0.2) is 0 Å². The molecule has 1 aliphatic carbocycles. The number of halogens is 2. The molecule has 0 aliphatic heterocycles. The fourth-order valence-corrected chi connectivity index (χ4v) is 2.59. The maximum Gasteiger partial charge on any atom is 0.387 e. The lowest BCUT2D eigenvalue weighted by Gasteiger charge is -2.11. The van der Waals surface area contributed by atoms with Crippen LogP contribution in [-0.4, -0.2) is 22.7 Å².